The number of amides is 2. The van der Waals surface area contributed by atoms with Gasteiger partial charge < -0.3 is 15.5 Å². The Bertz CT molecular complexity index is 990. The van der Waals surface area contributed by atoms with Crippen LogP contribution in [0.2, 0.25) is 5.02 Å². The Kier molecular flexibility index (Phi) is 6.28. The van der Waals surface area contributed by atoms with Crippen LogP contribution in [0.1, 0.15) is 25.6 Å². The van der Waals surface area contributed by atoms with Gasteiger partial charge in [0.05, 0.1) is 15.6 Å². The molecule has 8 heteroatoms. The van der Waals surface area contributed by atoms with E-state index in [1.807, 2.05) is 36.5 Å². The molecule has 2 aromatic heterocycles. The molecule has 0 aliphatic heterocycles. The number of hydrogen-bond donors (Lipinski definition) is 2. The van der Waals surface area contributed by atoms with Crippen molar-refractivity contribution in [2.45, 2.75) is 6.54 Å². The molecule has 0 spiro atoms. The molecule has 0 radical (unpaired) electrons. The molecule has 2 amide bonds. The third kappa shape index (κ3) is 4.68. The molecule has 28 heavy (non-hydrogen) atoms. The summed E-state index contributed by atoms with van der Waals surface area (Å²) in [5.74, 6) is 0.264. The maximum Gasteiger partial charge on any atom is 0.265 e. The number of carbonyl (C=O) groups is 2. The van der Waals surface area contributed by atoms with Crippen LogP contribution < -0.4 is 15.5 Å². The molecule has 0 bridgehead atoms. The molecule has 0 saturated heterocycles. The first-order valence-corrected chi connectivity index (χ1v) is 9.75. The van der Waals surface area contributed by atoms with Crippen molar-refractivity contribution in [2.24, 2.45) is 0 Å². The van der Waals surface area contributed by atoms with Gasteiger partial charge in [0.1, 0.15) is 5.82 Å². The molecule has 0 saturated carbocycles. The molecule has 0 fully saturated rings. The van der Waals surface area contributed by atoms with Crippen molar-refractivity contribution < 1.29 is 9.59 Å². The van der Waals surface area contributed by atoms with E-state index in [1.54, 1.807) is 36.5 Å². The zero-order valence-electron chi connectivity index (χ0n) is 15.4. The summed E-state index contributed by atoms with van der Waals surface area (Å²) in [6.07, 6.45) is 1.71. The fourth-order valence-corrected chi connectivity index (χ4v) is 3.39. The fraction of sp³-hybridized carbons (Fsp3) is 0.150. The minimum Gasteiger partial charge on any atom is -0.362 e. The van der Waals surface area contributed by atoms with E-state index in [9.17, 15) is 9.59 Å². The number of aromatic nitrogens is 1. The molecule has 0 aliphatic rings. The third-order valence-corrected chi connectivity index (χ3v) is 5.15. The highest BCUT2D eigenvalue weighted by Gasteiger charge is 2.14. The van der Waals surface area contributed by atoms with Crippen LogP contribution in [-0.4, -0.2) is 30.9 Å². The number of nitrogens with zero attached hydrogens (tertiary/aromatic N) is 2. The lowest BCUT2D eigenvalue weighted by Crippen LogP contribution is -2.24. The average Bonchev–Trinajstić information content (AvgIpc) is 3.23. The minimum absolute atomic E-state index is 0.263. The number of hydrogen-bond acceptors (Lipinski definition) is 5. The number of rotatable bonds is 6. The normalized spacial score (nSPS) is 10.4. The van der Waals surface area contributed by atoms with Gasteiger partial charge in [0.15, 0.2) is 0 Å². The van der Waals surface area contributed by atoms with Crippen molar-refractivity contribution in [3.05, 3.63) is 75.1 Å². The van der Waals surface area contributed by atoms with Crippen LogP contribution in [0.4, 0.5) is 11.5 Å². The van der Waals surface area contributed by atoms with Crippen molar-refractivity contribution in [2.75, 3.05) is 24.3 Å². The molecule has 1 aromatic carbocycles. The molecular formula is C20H19ClN4O2S. The van der Waals surface area contributed by atoms with E-state index in [2.05, 4.69) is 15.6 Å². The Morgan fingerprint density at radius 2 is 1.96 bits per heavy atom. The molecule has 2 N–H and O–H groups in total. The summed E-state index contributed by atoms with van der Waals surface area (Å²) in [7, 11) is 3.80. The monoisotopic (exact) mass is 414 g/mol. The van der Waals surface area contributed by atoms with E-state index in [0.717, 1.165) is 11.4 Å². The molecule has 0 atom stereocenters. The lowest BCUT2D eigenvalue weighted by Gasteiger charge is -2.16. The highest BCUT2D eigenvalue weighted by molar-refractivity contribution is 7.12. The predicted octanol–water partition coefficient (Wildman–Crippen LogP) is 4.04. The van der Waals surface area contributed by atoms with Crippen molar-refractivity contribution in [1.82, 2.24) is 10.3 Å². The van der Waals surface area contributed by atoms with Gasteiger partial charge in [-0.1, -0.05) is 23.7 Å². The summed E-state index contributed by atoms with van der Waals surface area (Å²) in [5, 5.41) is 7.81. The van der Waals surface area contributed by atoms with Crippen molar-refractivity contribution in [3.63, 3.8) is 0 Å². The Morgan fingerprint density at radius 1 is 1.14 bits per heavy atom. The second kappa shape index (κ2) is 8.86. The molecule has 2 heterocycles. The number of anilines is 2. The lowest BCUT2D eigenvalue weighted by atomic mass is 10.1. The Balaban J connectivity index is 1.71. The van der Waals surface area contributed by atoms with Crippen molar-refractivity contribution in [1.29, 1.82) is 0 Å². The van der Waals surface area contributed by atoms with Gasteiger partial charge in [0, 0.05) is 38.0 Å². The number of nitrogens with one attached hydrogen (secondary N) is 2. The van der Waals surface area contributed by atoms with Gasteiger partial charge >= 0.3 is 0 Å². The smallest absolute Gasteiger partial charge is 0.265 e. The summed E-state index contributed by atoms with van der Waals surface area (Å²) >= 11 is 7.51. The first-order valence-electron chi connectivity index (χ1n) is 8.49. The fourth-order valence-electron chi connectivity index (χ4n) is 2.60. The van der Waals surface area contributed by atoms with Gasteiger partial charge in [-0.25, -0.2) is 4.98 Å². The maximum atomic E-state index is 12.6. The van der Waals surface area contributed by atoms with Crippen LogP contribution in [0, 0.1) is 0 Å². The van der Waals surface area contributed by atoms with Gasteiger partial charge in [-0.3, -0.25) is 9.59 Å². The van der Waals surface area contributed by atoms with Gasteiger partial charge in [-0.15, -0.1) is 11.3 Å². The molecular weight excluding hydrogens is 396 g/mol. The summed E-state index contributed by atoms with van der Waals surface area (Å²) < 4.78 is 0. The van der Waals surface area contributed by atoms with E-state index in [4.69, 9.17) is 11.6 Å². The second-order valence-electron chi connectivity index (χ2n) is 6.19. The third-order valence-electron chi connectivity index (χ3n) is 3.95. The van der Waals surface area contributed by atoms with E-state index in [0.29, 0.717) is 27.7 Å². The average molecular weight is 415 g/mol. The van der Waals surface area contributed by atoms with E-state index in [1.165, 1.54) is 11.3 Å². The van der Waals surface area contributed by atoms with Crippen LogP contribution in [0.5, 0.6) is 0 Å². The number of pyridine rings is 1. The summed E-state index contributed by atoms with van der Waals surface area (Å²) in [6.45, 7) is 0.333. The second-order valence-corrected chi connectivity index (χ2v) is 7.54. The van der Waals surface area contributed by atoms with E-state index < -0.39 is 0 Å². The molecule has 144 valence electrons. The molecule has 3 rings (SSSR count). The van der Waals surface area contributed by atoms with Gasteiger partial charge in [-0.2, -0.15) is 0 Å². The molecule has 6 nitrogen and oxygen atoms in total. The van der Waals surface area contributed by atoms with Crippen LogP contribution in [0.25, 0.3) is 0 Å². The highest BCUT2D eigenvalue weighted by atomic mass is 35.5. The first kappa shape index (κ1) is 19.9. The first-order chi connectivity index (χ1) is 13.5. The molecule has 0 unspecified atom stereocenters. The Labute approximate surface area is 172 Å². The van der Waals surface area contributed by atoms with Crippen LogP contribution in [0.15, 0.2) is 54.0 Å². The quantitative estimate of drug-likeness (QED) is 0.638. The predicted molar refractivity (Wildman–Crippen MR) is 113 cm³/mol. The maximum absolute atomic E-state index is 12.6. The molecule has 3 aromatic rings. The van der Waals surface area contributed by atoms with Gasteiger partial charge in [0.25, 0.3) is 11.8 Å². The number of halogens is 1. The zero-order valence-corrected chi connectivity index (χ0v) is 17.0. The van der Waals surface area contributed by atoms with Crippen molar-refractivity contribution >= 4 is 46.3 Å². The SMILES string of the molecule is CN(C)c1ncccc1CNC(=O)c1ccc(Cl)c(NC(=O)c2cccs2)c1. The largest absolute Gasteiger partial charge is 0.362 e. The number of thiophene rings is 1. The van der Waals surface area contributed by atoms with Crippen LogP contribution in [0.3, 0.4) is 0 Å². The number of carbonyl (C=O) groups excluding carboxylic acids is 2. The van der Waals surface area contributed by atoms with Gasteiger partial charge in [0.2, 0.25) is 0 Å². The molecule has 0 aliphatic carbocycles. The summed E-state index contributed by atoms with van der Waals surface area (Å²) in [5.41, 5.74) is 1.70. The zero-order chi connectivity index (χ0) is 20.1. The van der Waals surface area contributed by atoms with Crippen molar-refractivity contribution in [3.8, 4) is 0 Å². The Hall–Kier alpha value is -2.90. The van der Waals surface area contributed by atoms with E-state index >= 15 is 0 Å². The summed E-state index contributed by atoms with van der Waals surface area (Å²) in [6, 6.07) is 12.0. The minimum atomic E-state index is -0.267. The van der Waals surface area contributed by atoms with Gasteiger partial charge in [-0.05, 0) is 35.7 Å². The standard InChI is InChI=1S/C20H19ClN4O2S/c1-25(2)18-14(5-3-9-22-18)12-23-19(26)13-7-8-15(21)16(11-13)24-20(27)17-6-4-10-28-17/h3-11H,12H2,1-2H3,(H,23,26)(H,24,27). The van der Waals surface area contributed by atoms with Crippen LogP contribution in [-0.2, 0) is 6.54 Å². The highest BCUT2D eigenvalue weighted by Crippen LogP contribution is 2.24. The van der Waals surface area contributed by atoms with E-state index in [-0.39, 0.29) is 11.8 Å². The number of benzene rings is 1. The lowest BCUT2D eigenvalue weighted by molar-refractivity contribution is 0.0949. The van der Waals surface area contributed by atoms with Crippen LogP contribution >= 0.6 is 22.9 Å². The summed E-state index contributed by atoms with van der Waals surface area (Å²) in [4.78, 5) is 31.6. The Morgan fingerprint density at radius 3 is 2.68 bits per heavy atom. The topological polar surface area (TPSA) is 74.3 Å².